The van der Waals surface area contributed by atoms with Crippen LogP contribution in [0.5, 0.6) is 0 Å². The molecule has 24 heavy (non-hydrogen) atoms. The molecule has 0 radical (unpaired) electrons. The number of aliphatic hydroxyl groups is 1. The van der Waals surface area contributed by atoms with E-state index in [1.807, 2.05) is 5.43 Å². The van der Waals surface area contributed by atoms with Crippen LogP contribution in [0.1, 0.15) is 18.9 Å². The highest BCUT2D eigenvalue weighted by Crippen LogP contribution is 2.22. The fraction of sp³-hybridized carbons (Fsp3) is 0.333. The lowest BCUT2D eigenvalue weighted by molar-refractivity contribution is -0.139. The Hall–Kier alpha value is -2.45. The van der Waals surface area contributed by atoms with Crippen LogP contribution in [-0.4, -0.2) is 41.7 Å². The van der Waals surface area contributed by atoms with E-state index in [1.165, 1.54) is 6.92 Å². The van der Waals surface area contributed by atoms with E-state index in [9.17, 15) is 14.4 Å². The minimum atomic E-state index is -0.978. The molecule has 9 heteroatoms. The fourth-order valence-corrected chi connectivity index (χ4v) is 1.83. The van der Waals surface area contributed by atoms with Crippen LogP contribution in [-0.2, 0) is 14.4 Å². The van der Waals surface area contributed by atoms with Crippen LogP contribution < -0.4 is 16.1 Å². The molecule has 0 heterocycles. The molecule has 0 fully saturated rings. The van der Waals surface area contributed by atoms with Crippen molar-refractivity contribution < 1.29 is 19.5 Å². The van der Waals surface area contributed by atoms with E-state index < -0.39 is 11.8 Å². The molecular weight excluding hydrogens is 336 g/mol. The minimum Gasteiger partial charge on any atom is -0.395 e. The number of hydrazone groups is 1. The first-order valence-corrected chi connectivity index (χ1v) is 7.50. The van der Waals surface area contributed by atoms with E-state index in [0.717, 1.165) is 5.56 Å². The highest BCUT2D eigenvalue weighted by atomic mass is 35.5. The van der Waals surface area contributed by atoms with Gasteiger partial charge in [-0.2, -0.15) is 5.10 Å². The monoisotopic (exact) mass is 354 g/mol. The van der Waals surface area contributed by atoms with Crippen LogP contribution in [0.15, 0.2) is 23.3 Å². The molecule has 0 aliphatic heterocycles. The van der Waals surface area contributed by atoms with Gasteiger partial charge in [-0.1, -0.05) is 17.7 Å². The minimum absolute atomic E-state index is 0.0314. The summed E-state index contributed by atoms with van der Waals surface area (Å²) in [5, 5.41) is 17.6. The van der Waals surface area contributed by atoms with Crippen LogP contribution in [0.25, 0.3) is 0 Å². The number of amides is 3. The van der Waals surface area contributed by atoms with Crippen molar-refractivity contribution in [3.63, 3.8) is 0 Å². The van der Waals surface area contributed by atoms with Crippen molar-refractivity contribution in [3.05, 3.63) is 28.8 Å². The normalized spacial score (nSPS) is 10.9. The number of anilines is 1. The Kier molecular flexibility index (Phi) is 7.87. The predicted molar refractivity (Wildman–Crippen MR) is 90.8 cm³/mol. The lowest BCUT2D eigenvalue weighted by Crippen LogP contribution is -2.39. The van der Waals surface area contributed by atoms with Gasteiger partial charge in [0.05, 0.1) is 13.0 Å². The molecule has 0 saturated carbocycles. The topological polar surface area (TPSA) is 120 Å². The summed E-state index contributed by atoms with van der Waals surface area (Å²) in [4.78, 5) is 34.6. The number of carbonyl (C=O) groups is 3. The third-order valence-electron chi connectivity index (χ3n) is 2.91. The van der Waals surface area contributed by atoms with Crippen molar-refractivity contribution in [2.24, 2.45) is 5.10 Å². The van der Waals surface area contributed by atoms with Gasteiger partial charge < -0.3 is 15.7 Å². The average Bonchev–Trinajstić information content (AvgIpc) is 2.54. The number of hydrogen-bond donors (Lipinski definition) is 4. The second-order valence-corrected chi connectivity index (χ2v) is 5.31. The third-order valence-corrected chi connectivity index (χ3v) is 3.32. The van der Waals surface area contributed by atoms with Crippen LogP contribution in [0.3, 0.4) is 0 Å². The standard InChI is InChI=1S/C15H19ClN4O4/c1-9(19-20-15(24)14(23)17-6-7-21)8-13(22)18-12-5-3-4-11(16)10(12)2/h3-5,21H,6-8H2,1-2H3,(H,17,23)(H,18,22)(H,20,24)/b19-9+. The first-order valence-electron chi connectivity index (χ1n) is 7.12. The summed E-state index contributed by atoms with van der Waals surface area (Å²) in [5.41, 5.74) is 3.69. The molecule has 0 aliphatic rings. The predicted octanol–water partition coefficient (Wildman–Crippen LogP) is 0.578. The van der Waals surface area contributed by atoms with E-state index in [-0.39, 0.29) is 25.5 Å². The summed E-state index contributed by atoms with van der Waals surface area (Å²) in [6.07, 6.45) is -0.0650. The number of benzene rings is 1. The van der Waals surface area contributed by atoms with Gasteiger partial charge in [0.1, 0.15) is 0 Å². The van der Waals surface area contributed by atoms with Crippen molar-refractivity contribution in [2.45, 2.75) is 20.3 Å². The molecule has 0 spiro atoms. The summed E-state index contributed by atoms with van der Waals surface area (Å²) in [6, 6.07) is 5.16. The van der Waals surface area contributed by atoms with Gasteiger partial charge in [0.15, 0.2) is 0 Å². The van der Waals surface area contributed by atoms with E-state index >= 15 is 0 Å². The Bertz CT molecular complexity index is 661. The lowest BCUT2D eigenvalue weighted by Gasteiger charge is -2.09. The number of nitrogens with zero attached hydrogens (tertiary/aromatic N) is 1. The molecule has 0 saturated heterocycles. The fourth-order valence-electron chi connectivity index (χ4n) is 1.66. The SMILES string of the molecule is C/C(CC(=O)Nc1cccc(Cl)c1C)=N\NC(=O)C(=O)NCCO. The quantitative estimate of drug-likeness (QED) is 0.339. The molecular formula is C15H19ClN4O4. The summed E-state index contributed by atoms with van der Waals surface area (Å²) in [5.74, 6) is -2.23. The molecule has 0 unspecified atom stereocenters. The number of aliphatic hydroxyl groups excluding tert-OH is 1. The Morgan fingerprint density at radius 2 is 1.96 bits per heavy atom. The molecule has 0 atom stereocenters. The average molecular weight is 355 g/mol. The van der Waals surface area contributed by atoms with Crippen LogP contribution in [0.4, 0.5) is 5.69 Å². The highest BCUT2D eigenvalue weighted by molar-refractivity contribution is 6.35. The Labute approximate surface area is 144 Å². The van der Waals surface area contributed by atoms with E-state index in [4.69, 9.17) is 16.7 Å². The Balaban J connectivity index is 2.53. The number of hydrogen-bond acceptors (Lipinski definition) is 5. The smallest absolute Gasteiger partial charge is 0.329 e. The van der Waals surface area contributed by atoms with Crippen molar-refractivity contribution in [1.82, 2.24) is 10.7 Å². The molecule has 1 aromatic carbocycles. The number of nitrogens with one attached hydrogen (secondary N) is 3. The van der Waals surface area contributed by atoms with Crippen LogP contribution in [0.2, 0.25) is 5.02 Å². The van der Waals surface area contributed by atoms with Crippen molar-refractivity contribution in [1.29, 1.82) is 0 Å². The number of halogens is 1. The zero-order valence-corrected chi connectivity index (χ0v) is 14.1. The van der Waals surface area contributed by atoms with Crippen molar-refractivity contribution in [2.75, 3.05) is 18.5 Å². The zero-order valence-electron chi connectivity index (χ0n) is 13.4. The molecule has 0 aliphatic carbocycles. The van der Waals surface area contributed by atoms with Crippen LogP contribution in [0, 0.1) is 6.92 Å². The molecule has 0 aromatic heterocycles. The lowest BCUT2D eigenvalue weighted by atomic mass is 10.2. The number of carbonyl (C=O) groups excluding carboxylic acids is 3. The van der Waals surface area contributed by atoms with Gasteiger partial charge in [0, 0.05) is 23.0 Å². The maximum Gasteiger partial charge on any atom is 0.329 e. The summed E-state index contributed by atoms with van der Waals surface area (Å²) in [7, 11) is 0. The molecule has 4 N–H and O–H groups in total. The number of rotatable bonds is 6. The van der Waals surface area contributed by atoms with E-state index in [0.29, 0.717) is 16.4 Å². The zero-order chi connectivity index (χ0) is 18.1. The second-order valence-electron chi connectivity index (χ2n) is 4.90. The molecule has 3 amide bonds. The van der Waals surface area contributed by atoms with Crippen LogP contribution >= 0.6 is 11.6 Å². The van der Waals surface area contributed by atoms with Gasteiger partial charge in [-0.25, -0.2) is 5.43 Å². The van der Waals surface area contributed by atoms with Gasteiger partial charge in [-0.3, -0.25) is 14.4 Å². The van der Waals surface area contributed by atoms with Gasteiger partial charge >= 0.3 is 11.8 Å². The summed E-state index contributed by atoms with van der Waals surface area (Å²) >= 11 is 5.98. The molecule has 130 valence electrons. The van der Waals surface area contributed by atoms with Gasteiger partial charge in [-0.15, -0.1) is 0 Å². The molecule has 0 bridgehead atoms. The third kappa shape index (κ3) is 6.35. The maximum atomic E-state index is 12.0. The highest BCUT2D eigenvalue weighted by Gasteiger charge is 2.12. The van der Waals surface area contributed by atoms with Crippen molar-refractivity contribution in [3.8, 4) is 0 Å². The Morgan fingerprint density at radius 1 is 1.25 bits per heavy atom. The maximum absolute atomic E-state index is 12.0. The van der Waals surface area contributed by atoms with E-state index in [2.05, 4.69) is 15.7 Å². The molecule has 1 aromatic rings. The largest absolute Gasteiger partial charge is 0.395 e. The first-order chi connectivity index (χ1) is 11.3. The first kappa shape index (κ1) is 19.6. The van der Waals surface area contributed by atoms with Gasteiger partial charge in [0.2, 0.25) is 5.91 Å². The van der Waals surface area contributed by atoms with Gasteiger partial charge in [0.25, 0.3) is 0 Å². The summed E-state index contributed by atoms with van der Waals surface area (Å²) < 4.78 is 0. The van der Waals surface area contributed by atoms with E-state index in [1.54, 1.807) is 25.1 Å². The van der Waals surface area contributed by atoms with Crippen molar-refractivity contribution >= 4 is 40.7 Å². The van der Waals surface area contributed by atoms with Gasteiger partial charge in [-0.05, 0) is 31.5 Å². The second kappa shape index (κ2) is 9.64. The molecule has 8 nitrogen and oxygen atoms in total. The Morgan fingerprint density at radius 3 is 2.62 bits per heavy atom. The molecule has 1 rings (SSSR count). The summed E-state index contributed by atoms with van der Waals surface area (Å²) in [6.45, 7) is 3.02.